The van der Waals surface area contributed by atoms with Gasteiger partial charge in [0.1, 0.15) is 6.54 Å². The number of hydrogen-bond acceptors (Lipinski definition) is 5. The molecule has 1 amide bonds. The summed E-state index contributed by atoms with van der Waals surface area (Å²) < 4.78 is 7.65. The van der Waals surface area contributed by atoms with Gasteiger partial charge in [0.15, 0.2) is 0 Å². The quantitative estimate of drug-likeness (QED) is 0.491. The maximum atomic E-state index is 13.1. The molecule has 3 rings (SSSR count). The number of fused-ring (bicyclic) bond motifs is 1. The Labute approximate surface area is 186 Å². The molecule has 1 aliphatic rings. The van der Waals surface area contributed by atoms with Crippen LogP contribution in [0.4, 0.5) is 0 Å². The zero-order valence-electron chi connectivity index (χ0n) is 17.7. The molecule has 8 heteroatoms. The number of hydrogen-bond donors (Lipinski definition) is 0. The minimum Gasteiger partial charge on any atom is -0.379 e. The maximum absolute atomic E-state index is 13.1. The number of unbranched alkanes of at least 4 members (excludes halogenated alkanes) is 3. The van der Waals surface area contributed by atoms with E-state index in [0.717, 1.165) is 63.1 Å². The van der Waals surface area contributed by atoms with Gasteiger partial charge in [0.25, 0.3) is 5.56 Å². The molecule has 2 aromatic rings. The zero-order chi connectivity index (χ0) is 21.3. The molecule has 0 saturated carbocycles. The molecule has 0 spiro atoms. The predicted molar refractivity (Wildman–Crippen MR) is 122 cm³/mol. The minimum atomic E-state index is -0.186. The molecule has 0 radical (unpaired) electrons. The highest BCUT2D eigenvalue weighted by atomic mass is 79.9. The van der Waals surface area contributed by atoms with Crippen molar-refractivity contribution in [2.75, 3.05) is 45.9 Å². The van der Waals surface area contributed by atoms with Crippen molar-refractivity contribution in [3.8, 4) is 0 Å². The van der Waals surface area contributed by atoms with E-state index in [9.17, 15) is 9.59 Å². The number of carbonyl (C=O) groups is 1. The number of benzene rings is 1. The molecular weight excluding hydrogens is 448 g/mol. The molecule has 2 heterocycles. The van der Waals surface area contributed by atoms with Crippen LogP contribution in [0.2, 0.25) is 0 Å². The number of ether oxygens (including phenoxy) is 1. The van der Waals surface area contributed by atoms with Crippen molar-refractivity contribution in [1.29, 1.82) is 0 Å². The van der Waals surface area contributed by atoms with Crippen LogP contribution in [-0.2, 0) is 16.1 Å². The fraction of sp³-hybridized carbons (Fsp3) is 0.591. The first-order valence-electron chi connectivity index (χ1n) is 10.8. The average molecular weight is 479 g/mol. The lowest BCUT2D eigenvalue weighted by atomic mass is 10.2. The van der Waals surface area contributed by atoms with E-state index in [1.165, 1.54) is 17.3 Å². The second-order valence-electron chi connectivity index (χ2n) is 7.73. The third kappa shape index (κ3) is 6.36. The first-order chi connectivity index (χ1) is 14.6. The monoisotopic (exact) mass is 478 g/mol. The van der Waals surface area contributed by atoms with Crippen LogP contribution in [-0.4, -0.2) is 71.2 Å². The van der Waals surface area contributed by atoms with Gasteiger partial charge in [0.05, 0.1) is 30.4 Å². The number of amides is 1. The lowest BCUT2D eigenvalue weighted by molar-refractivity contribution is -0.132. The molecule has 7 nitrogen and oxygen atoms in total. The van der Waals surface area contributed by atoms with Crippen molar-refractivity contribution < 1.29 is 9.53 Å². The van der Waals surface area contributed by atoms with E-state index in [1.807, 2.05) is 11.0 Å². The summed E-state index contributed by atoms with van der Waals surface area (Å²) in [7, 11) is 0. The van der Waals surface area contributed by atoms with E-state index < -0.39 is 0 Å². The predicted octanol–water partition coefficient (Wildman–Crippen LogP) is 2.90. The third-order valence-corrected chi connectivity index (χ3v) is 6.01. The van der Waals surface area contributed by atoms with E-state index in [2.05, 4.69) is 32.7 Å². The van der Waals surface area contributed by atoms with E-state index in [0.29, 0.717) is 17.4 Å². The Kier molecular flexibility index (Phi) is 8.84. The Morgan fingerprint density at radius 2 is 2.00 bits per heavy atom. The second-order valence-corrected chi connectivity index (χ2v) is 8.65. The summed E-state index contributed by atoms with van der Waals surface area (Å²) >= 11 is 3.40. The molecule has 1 aromatic carbocycles. The smallest absolute Gasteiger partial charge is 0.261 e. The highest BCUT2D eigenvalue weighted by Gasteiger charge is 2.18. The molecular formula is C22H31BrN4O3. The molecule has 0 aliphatic carbocycles. The zero-order valence-corrected chi connectivity index (χ0v) is 19.3. The van der Waals surface area contributed by atoms with Crippen molar-refractivity contribution in [2.45, 2.75) is 39.2 Å². The molecule has 1 fully saturated rings. The van der Waals surface area contributed by atoms with Crippen molar-refractivity contribution in [3.63, 3.8) is 0 Å². The lowest BCUT2D eigenvalue weighted by Gasteiger charge is -2.30. The molecule has 0 bridgehead atoms. The molecule has 0 unspecified atom stereocenters. The Hall–Kier alpha value is -1.77. The summed E-state index contributed by atoms with van der Waals surface area (Å²) in [6.45, 7) is 7.74. The van der Waals surface area contributed by atoms with Gasteiger partial charge in [-0.2, -0.15) is 0 Å². The van der Waals surface area contributed by atoms with Gasteiger partial charge in [-0.05, 0) is 24.6 Å². The summed E-state index contributed by atoms with van der Waals surface area (Å²) in [5.41, 5.74) is 0.449. The normalized spacial score (nSPS) is 14.9. The first-order valence-corrected chi connectivity index (χ1v) is 11.6. The van der Waals surface area contributed by atoms with Crippen LogP contribution in [0, 0.1) is 0 Å². The van der Waals surface area contributed by atoms with Crippen LogP contribution in [0.15, 0.2) is 33.8 Å². The summed E-state index contributed by atoms with van der Waals surface area (Å²) in [6.07, 6.45) is 5.92. The van der Waals surface area contributed by atoms with Crippen molar-refractivity contribution in [2.24, 2.45) is 0 Å². The number of halogens is 1. The van der Waals surface area contributed by atoms with E-state index >= 15 is 0 Å². The average Bonchev–Trinajstić information content (AvgIpc) is 2.76. The summed E-state index contributed by atoms with van der Waals surface area (Å²) in [6, 6.07) is 5.41. The number of rotatable bonds is 10. The van der Waals surface area contributed by atoms with Crippen LogP contribution in [0.5, 0.6) is 0 Å². The maximum Gasteiger partial charge on any atom is 0.261 e. The van der Waals surface area contributed by atoms with Gasteiger partial charge in [-0.3, -0.25) is 19.1 Å². The van der Waals surface area contributed by atoms with Gasteiger partial charge < -0.3 is 9.64 Å². The standard InChI is InChI=1S/C22H31BrN4O3/c1-2-3-4-5-8-26(10-9-25-11-13-30-14-12-25)21(28)16-27-17-24-20-7-6-18(23)15-19(20)22(27)29/h6-7,15,17H,2-5,8-14,16H2,1H3. The van der Waals surface area contributed by atoms with Crippen LogP contribution < -0.4 is 5.56 Å². The van der Waals surface area contributed by atoms with Crippen molar-refractivity contribution in [3.05, 3.63) is 39.4 Å². The van der Waals surface area contributed by atoms with Gasteiger partial charge in [-0.25, -0.2) is 4.98 Å². The molecule has 164 valence electrons. The number of nitrogens with zero attached hydrogens (tertiary/aromatic N) is 4. The number of morpholine rings is 1. The fourth-order valence-corrected chi connectivity index (χ4v) is 4.03. The van der Waals surface area contributed by atoms with Crippen LogP contribution in [0.3, 0.4) is 0 Å². The Morgan fingerprint density at radius 3 is 2.77 bits per heavy atom. The number of carbonyl (C=O) groups excluding carboxylic acids is 1. The summed E-state index contributed by atoms with van der Waals surface area (Å²) in [5.74, 6) is -0.0296. The highest BCUT2D eigenvalue weighted by Crippen LogP contribution is 2.15. The third-order valence-electron chi connectivity index (χ3n) is 5.52. The van der Waals surface area contributed by atoms with Gasteiger partial charge in [0.2, 0.25) is 5.91 Å². The van der Waals surface area contributed by atoms with Crippen LogP contribution in [0.25, 0.3) is 10.9 Å². The largest absolute Gasteiger partial charge is 0.379 e. The second kappa shape index (κ2) is 11.6. The van der Waals surface area contributed by atoms with Crippen LogP contribution >= 0.6 is 15.9 Å². The summed E-state index contributed by atoms with van der Waals surface area (Å²) in [5, 5.41) is 0.516. The molecule has 0 N–H and O–H groups in total. The van der Waals surface area contributed by atoms with Gasteiger partial charge in [-0.15, -0.1) is 0 Å². The Morgan fingerprint density at radius 1 is 1.20 bits per heavy atom. The highest BCUT2D eigenvalue weighted by molar-refractivity contribution is 9.10. The Balaban J connectivity index is 1.68. The van der Waals surface area contributed by atoms with E-state index in [-0.39, 0.29) is 18.0 Å². The fourth-order valence-electron chi connectivity index (χ4n) is 3.67. The van der Waals surface area contributed by atoms with Gasteiger partial charge >= 0.3 is 0 Å². The van der Waals surface area contributed by atoms with E-state index in [1.54, 1.807) is 12.1 Å². The Bertz CT molecular complexity index is 896. The van der Waals surface area contributed by atoms with Crippen LogP contribution in [0.1, 0.15) is 32.6 Å². The molecule has 1 saturated heterocycles. The lowest BCUT2D eigenvalue weighted by Crippen LogP contribution is -2.44. The molecule has 1 aliphatic heterocycles. The molecule has 0 atom stereocenters. The minimum absolute atomic E-state index is 0.0190. The topological polar surface area (TPSA) is 67.7 Å². The van der Waals surface area contributed by atoms with Gasteiger partial charge in [-0.1, -0.05) is 42.1 Å². The van der Waals surface area contributed by atoms with Gasteiger partial charge in [0, 0.05) is 37.2 Å². The summed E-state index contributed by atoms with van der Waals surface area (Å²) in [4.78, 5) is 34.5. The molecule has 30 heavy (non-hydrogen) atoms. The first kappa shape index (κ1) is 22.9. The SMILES string of the molecule is CCCCCCN(CCN1CCOCC1)C(=O)Cn1cnc2ccc(Br)cc2c1=O. The van der Waals surface area contributed by atoms with Crippen molar-refractivity contribution >= 4 is 32.7 Å². The number of aromatic nitrogens is 2. The van der Waals surface area contributed by atoms with Crippen molar-refractivity contribution in [1.82, 2.24) is 19.4 Å². The van der Waals surface area contributed by atoms with E-state index in [4.69, 9.17) is 4.74 Å². The molecule has 1 aromatic heterocycles.